The van der Waals surface area contributed by atoms with E-state index >= 15 is 0 Å². The molecule has 0 unspecified atom stereocenters. The van der Waals surface area contributed by atoms with Crippen LogP contribution < -0.4 is 10.6 Å². The third-order valence-corrected chi connectivity index (χ3v) is 6.47. The predicted octanol–water partition coefficient (Wildman–Crippen LogP) is 4.79. The minimum absolute atomic E-state index is 0.0939. The van der Waals surface area contributed by atoms with E-state index in [9.17, 15) is 9.59 Å². The number of carbonyl (C=O) groups is 2. The van der Waals surface area contributed by atoms with Crippen LogP contribution in [0.25, 0.3) is 0 Å². The summed E-state index contributed by atoms with van der Waals surface area (Å²) < 4.78 is 2.54. The summed E-state index contributed by atoms with van der Waals surface area (Å²) >= 11 is 12.9. The molecule has 3 N–H and O–H groups in total. The molecule has 0 spiro atoms. The summed E-state index contributed by atoms with van der Waals surface area (Å²) in [6.45, 7) is 1.82. The lowest BCUT2D eigenvalue weighted by Crippen LogP contribution is -2.34. The fraction of sp³-hybridized carbons (Fsp3) is 0.0625. The van der Waals surface area contributed by atoms with Crippen LogP contribution in [-0.4, -0.2) is 22.1 Å². The Morgan fingerprint density at radius 2 is 1.88 bits per heavy atom. The molecule has 1 amide bonds. The molecule has 0 saturated heterocycles. The van der Waals surface area contributed by atoms with Gasteiger partial charge in [-0.1, -0.05) is 6.07 Å². The molecular formula is C16H11BrI2N2O3S. The Kier molecular flexibility index (Phi) is 7.17. The Balaban J connectivity index is 2.17. The zero-order chi connectivity index (χ0) is 18.7. The number of hydrogen-bond acceptors (Lipinski definition) is 3. The summed E-state index contributed by atoms with van der Waals surface area (Å²) in [6.07, 6.45) is 0. The first-order chi connectivity index (χ1) is 11.7. The van der Waals surface area contributed by atoms with Crippen LogP contribution in [0.4, 0.5) is 5.69 Å². The third-order valence-electron chi connectivity index (χ3n) is 3.20. The van der Waals surface area contributed by atoms with Crippen LogP contribution in [-0.2, 0) is 0 Å². The van der Waals surface area contributed by atoms with Gasteiger partial charge in [-0.25, -0.2) is 4.79 Å². The lowest BCUT2D eigenvalue weighted by Gasteiger charge is -2.13. The van der Waals surface area contributed by atoms with E-state index in [-0.39, 0.29) is 16.6 Å². The second-order valence-corrected chi connectivity index (χ2v) is 8.60. The van der Waals surface area contributed by atoms with Gasteiger partial charge in [-0.2, -0.15) is 0 Å². The first-order valence-electron chi connectivity index (χ1n) is 6.80. The normalized spacial score (nSPS) is 10.2. The molecule has 0 aliphatic rings. The molecule has 5 nitrogen and oxygen atoms in total. The topological polar surface area (TPSA) is 78.4 Å². The highest BCUT2D eigenvalue weighted by Crippen LogP contribution is 2.26. The van der Waals surface area contributed by atoms with E-state index in [1.54, 1.807) is 12.1 Å². The number of aryl methyl sites for hydroxylation is 1. The van der Waals surface area contributed by atoms with Gasteiger partial charge in [-0.15, -0.1) is 0 Å². The van der Waals surface area contributed by atoms with Crippen LogP contribution in [0.3, 0.4) is 0 Å². The summed E-state index contributed by atoms with van der Waals surface area (Å²) in [5.74, 6) is -1.39. The number of carboxylic acids is 1. The molecule has 0 saturated carbocycles. The van der Waals surface area contributed by atoms with E-state index in [0.29, 0.717) is 15.7 Å². The number of carbonyl (C=O) groups excluding carboxylic acids is 1. The van der Waals surface area contributed by atoms with Crippen LogP contribution in [0.5, 0.6) is 0 Å². The lowest BCUT2D eigenvalue weighted by atomic mass is 10.1. The minimum atomic E-state index is -1.03. The van der Waals surface area contributed by atoms with Gasteiger partial charge in [-0.3, -0.25) is 10.1 Å². The van der Waals surface area contributed by atoms with Crippen molar-refractivity contribution in [3.8, 4) is 0 Å². The summed E-state index contributed by atoms with van der Waals surface area (Å²) in [5, 5.41) is 14.7. The predicted molar refractivity (Wildman–Crippen MR) is 121 cm³/mol. The highest BCUT2D eigenvalue weighted by atomic mass is 127. The van der Waals surface area contributed by atoms with Crippen molar-refractivity contribution in [2.45, 2.75) is 6.92 Å². The number of aromatic carboxylic acids is 1. The number of thiocarbonyl (C=S) groups is 1. The minimum Gasteiger partial charge on any atom is -0.478 e. The maximum atomic E-state index is 12.5. The van der Waals surface area contributed by atoms with Crippen LogP contribution in [0.15, 0.2) is 34.8 Å². The Bertz CT molecular complexity index is 890. The first kappa shape index (κ1) is 20.5. The fourth-order valence-corrected chi connectivity index (χ4v) is 4.39. The van der Waals surface area contributed by atoms with Crippen LogP contribution in [0, 0.1) is 14.1 Å². The smallest absolute Gasteiger partial charge is 0.335 e. The number of amides is 1. The molecule has 0 aromatic heterocycles. The second-order valence-electron chi connectivity index (χ2n) is 4.99. The number of nitrogens with one attached hydrogen (secondary N) is 2. The van der Waals surface area contributed by atoms with E-state index < -0.39 is 5.97 Å². The summed E-state index contributed by atoms with van der Waals surface area (Å²) in [4.78, 5) is 23.5. The van der Waals surface area contributed by atoms with Gasteiger partial charge in [0.1, 0.15) is 0 Å². The quantitative estimate of drug-likeness (QED) is 0.255. The molecular weight excluding hydrogens is 634 g/mol. The van der Waals surface area contributed by atoms with Gasteiger partial charge in [0.15, 0.2) is 5.11 Å². The molecule has 25 heavy (non-hydrogen) atoms. The Morgan fingerprint density at radius 3 is 2.52 bits per heavy atom. The molecule has 0 bridgehead atoms. The Hall–Kier alpha value is -0.790. The van der Waals surface area contributed by atoms with E-state index in [1.807, 2.05) is 13.0 Å². The summed E-state index contributed by atoms with van der Waals surface area (Å²) in [6, 6.07) is 8.35. The van der Waals surface area contributed by atoms with Crippen molar-refractivity contribution >= 4 is 96.0 Å². The number of benzene rings is 2. The molecule has 2 aromatic rings. The standard InChI is InChI=1S/C16H11BrI2N2O3S/c1-7-2-3-8(15(23)24)4-12(7)20-16(25)21-14(22)10-5-9(18)6-11(19)13(10)17/h2-6H,1H3,(H,23,24)(H2,20,21,22,25). The lowest BCUT2D eigenvalue weighted by molar-refractivity contribution is 0.0696. The highest BCUT2D eigenvalue weighted by molar-refractivity contribution is 14.1. The second kappa shape index (κ2) is 8.73. The third kappa shape index (κ3) is 5.34. The maximum Gasteiger partial charge on any atom is 0.335 e. The van der Waals surface area contributed by atoms with Crippen molar-refractivity contribution in [2.75, 3.05) is 5.32 Å². The molecule has 0 fully saturated rings. The highest BCUT2D eigenvalue weighted by Gasteiger charge is 2.15. The van der Waals surface area contributed by atoms with Crippen molar-refractivity contribution in [2.24, 2.45) is 0 Å². The molecule has 0 aliphatic carbocycles. The van der Waals surface area contributed by atoms with Gasteiger partial charge in [0.05, 0.1) is 11.1 Å². The molecule has 2 rings (SSSR count). The first-order valence-corrected chi connectivity index (χ1v) is 10.2. The number of anilines is 1. The van der Waals surface area contributed by atoms with Crippen LogP contribution in [0.1, 0.15) is 26.3 Å². The number of carboxylic acid groups (broad SMARTS) is 1. The molecule has 0 atom stereocenters. The van der Waals surface area contributed by atoms with Crippen molar-refractivity contribution < 1.29 is 14.7 Å². The number of hydrogen-bond donors (Lipinski definition) is 3. The van der Waals surface area contributed by atoms with E-state index in [4.69, 9.17) is 17.3 Å². The maximum absolute atomic E-state index is 12.5. The SMILES string of the molecule is Cc1ccc(C(=O)O)cc1NC(=S)NC(=O)c1cc(I)cc(I)c1Br. The average molecular weight is 645 g/mol. The molecule has 0 radical (unpaired) electrons. The van der Waals surface area contributed by atoms with Gasteiger partial charge in [0.2, 0.25) is 0 Å². The van der Waals surface area contributed by atoms with Crippen molar-refractivity contribution in [3.63, 3.8) is 0 Å². The van der Waals surface area contributed by atoms with Crippen molar-refractivity contribution in [1.82, 2.24) is 5.32 Å². The van der Waals surface area contributed by atoms with Crippen LogP contribution >= 0.6 is 73.3 Å². The van der Waals surface area contributed by atoms with Gasteiger partial charge >= 0.3 is 5.97 Å². The molecule has 9 heteroatoms. The largest absolute Gasteiger partial charge is 0.478 e. The summed E-state index contributed by atoms with van der Waals surface area (Å²) in [7, 11) is 0. The molecule has 130 valence electrons. The number of rotatable bonds is 3. The molecule has 0 heterocycles. The van der Waals surface area contributed by atoms with Crippen LogP contribution in [0.2, 0.25) is 0 Å². The van der Waals surface area contributed by atoms with E-state index in [0.717, 1.165) is 12.7 Å². The zero-order valence-electron chi connectivity index (χ0n) is 12.7. The zero-order valence-corrected chi connectivity index (χ0v) is 19.4. The van der Waals surface area contributed by atoms with Gasteiger partial charge in [0.25, 0.3) is 5.91 Å². The molecule has 0 aliphatic heterocycles. The van der Waals surface area contributed by atoms with Crippen molar-refractivity contribution in [1.29, 1.82) is 0 Å². The monoisotopic (exact) mass is 644 g/mol. The Labute approximate surface area is 185 Å². The van der Waals surface area contributed by atoms with E-state index in [1.165, 1.54) is 12.1 Å². The van der Waals surface area contributed by atoms with Gasteiger partial charge < -0.3 is 10.4 Å². The Morgan fingerprint density at radius 1 is 1.20 bits per heavy atom. The van der Waals surface area contributed by atoms with Crippen molar-refractivity contribution in [3.05, 3.63) is 58.6 Å². The van der Waals surface area contributed by atoms with Gasteiger partial charge in [0, 0.05) is 17.3 Å². The molecule has 2 aromatic carbocycles. The average Bonchev–Trinajstić information content (AvgIpc) is 2.52. The van der Waals surface area contributed by atoms with E-state index in [2.05, 4.69) is 71.7 Å². The van der Waals surface area contributed by atoms with Gasteiger partial charge in [-0.05, 0) is 110 Å². The summed E-state index contributed by atoms with van der Waals surface area (Å²) in [5.41, 5.74) is 1.95. The fourth-order valence-electron chi connectivity index (χ4n) is 1.93. The number of halogens is 3.